The molecule has 2 aliphatic rings. The first kappa shape index (κ1) is 17.6. The minimum absolute atomic E-state index is 0.250. The Bertz CT molecular complexity index is 428. The minimum atomic E-state index is -0.250. The van der Waals surface area contributed by atoms with E-state index in [1.807, 2.05) is 6.20 Å². The molecule has 0 aliphatic carbocycles. The molecule has 0 radical (unpaired) electrons. The van der Waals surface area contributed by atoms with Crippen LogP contribution in [0.25, 0.3) is 0 Å². The highest BCUT2D eigenvalue weighted by Gasteiger charge is 2.28. The lowest BCUT2D eigenvalue weighted by Gasteiger charge is -2.37. The number of nitrogens with zero attached hydrogens (tertiary/aromatic N) is 3. The molecule has 1 unspecified atom stereocenters. The van der Waals surface area contributed by atoms with Crippen LogP contribution in [0.15, 0.2) is 18.6 Å². The van der Waals surface area contributed by atoms with Gasteiger partial charge in [-0.05, 0) is 25.5 Å². The predicted molar refractivity (Wildman–Crippen MR) is 92.7 cm³/mol. The summed E-state index contributed by atoms with van der Waals surface area (Å²) in [5.41, 5.74) is 1.23. The van der Waals surface area contributed by atoms with Crippen molar-refractivity contribution in [1.82, 2.24) is 14.9 Å². The first-order valence-electron chi connectivity index (χ1n) is 7.58. The summed E-state index contributed by atoms with van der Waals surface area (Å²) in [5, 5.41) is 6.89. The van der Waals surface area contributed by atoms with Gasteiger partial charge in [-0.2, -0.15) is 23.5 Å². The Balaban J connectivity index is 0.000000545. The molecule has 1 aromatic heterocycles. The number of rotatable bonds is 2. The van der Waals surface area contributed by atoms with E-state index in [0.717, 1.165) is 6.04 Å². The van der Waals surface area contributed by atoms with Crippen molar-refractivity contribution in [3.8, 4) is 0 Å². The summed E-state index contributed by atoms with van der Waals surface area (Å²) < 4.78 is 0. The second kappa shape index (κ2) is 10.1. The Labute approximate surface area is 140 Å². The summed E-state index contributed by atoms with van der Waals surface area (Å²) >= 11 is 4.25. The van der Waals surface area contributed by atoms with Crippen LogP contribution in [-0.4, -0.2) is 68.6 Å². The van der Waals surface area contributed by atoms with E-state index in [-0.39, 0.29) is 6.47 Å². The van der Waals surface area contributed by atoms with Gasteiger partial charge in [0.25, 0.3) is 6.47 Å². The van der Waals surface area contributed by atoms with Gasteiger partial charge in [0.05, 0.1) is 0 Å². The van der Waals surface area contributed by atoms with Gasteiger partial charge in [-0.15, -0.1) is 0 Å². The lowest BCUT2D eigenvalue weighted by molar-refractivity contribution is -0.122. The molecule has 0 bridgehead atoms. The Morgan fingerprint density at radius 2 is 2.05 bits per heavy atom. The SMILES string of the molecule is O=CO.c1cc(C2CCCN(C3CSCCSC3)C2)ncn1. The number of hydrogen-bond acceptors (Lipinski definition) is 6. The van der Waals surface area contributed by atoms with E-state index in [2.05, 4.69) is 44.5 Å². The molecular formula is C15H23N3O2S2. The summed E-state index contributed by atoms with van der Waals surface area (Å²) in [5.74, 6) is 5.87. The van der Waals surface area contributed by atoms with Crippen LogP contribution >= 0.6 is 23.5 Å². The van der Waals surface area contributed by atoms with Crippen molar-refractivity contribution in [3.63, 3.8) is 0 Å². The van der Waals surface area contributed by atoms with Gasteiger partial charge in [0.15, 0.2) is 0 Å². The predicted octanol–water partition coefficient (Wildman–Crippen LogP) is 2.21. The van der Waals surface area contributed by atoms with Gasteiger partial charge in [0, 0.05) is 53.4 Å². The van der Waals surface area contributed by atoms with E-state index < -0.39 is 0 Å². The first-order chi connectivity index (χ1) is 10.8. The molecule has 0 saturated carbocycles. The van der Waals surface area contributed by atoms with Crippen molar-refractivity contribution in [2.45, 2.75) is 24.8 Å². The summed E-state index contributed by atoms with van der Waals surface area (Å²) in [6.07, 6.45) is 6.14. The molecule has 5 nitrogen and oxygen atoms in total. The lowest BCUT2D eigenvalue weighted by atomic mass is 9.94. The third kappa shape index (κ3) is 5.44. The van der Waals surface area contributed by atoms with Crippen LogP contribution in [-0.2, 0) is 4.79 Å². The van der Waals surface area contributed by atoms with E-state index in [1.54, 1.807) is 6.33 Å². The van der Waals surface area contributed by atoms with E-state index in [9.17, 15) is 0 Å². The van der Waals surface area contributed by atoms with Crippen LogP contribution in [0.1, 0.15) is 24.5 Å². The molecule has 1 atom stereocenters. The highest BCUT2D eigenvalue weighted by atomic mass is 32.2. The van der Waals surface area contributed by atoms with Crippen molar-refractivity contribution < 1.29 is 9.90 Å². The average molecular weight is 342 g/mol. The van der Waals surface area contributed by atoms with Crippen molar-refractivity contribution in [1.29, 1.82) is 0 Å². The second-order valence-electron chi connectivity index (χ2n) is 5.38. The molecule has 2 saturated heterocycles. The Morgan fingerprint density at radius 1 is 1.32 bits per heavy atom. The van der Waals surface area contributed by atoms with Crippen LogP contribution < -0.4 is 0 Å². The van der Waals surface area contributed by atoms with Crippen molar-refractivity contribution >= 4 is 30.0 Å². The average Bonchev–Trinajstić information content (AvgIpc) is 2.86. The van der Waals surface area contributed by atoms with Gasteiger partial charge in [-0.25, -0.2) is 9.97 Å². The van der Waals surface area contributed by atoms with Crippen molar-refractivity contribution in [3.05, 3.63) is 24.3 Å². The number of aromatic nitrogens is 2. The fourth-order valence-electron chi connectivity index (χ4n) is 2.94. The molecule has 22 heavy (non-hydrogen) atoms. The third-order valence-corrected chi connectivity index (χ3v) is 6.47. The number of thioether (sulfide) groups is 2. The van der Waals surface area contributed by atoms with Gasteiger partial charge in [-0.3, -0.25) is 9.69 Å². The summed E-state index contributed by atoms with van der Waals surface area (Å²) in [4.78, 5) is 19.6. The van der Waals surface area contributed by atoms with Gasteiger partial charge in [-0.1, -0.05) is 0 Å². The smallest absolute Gasteiger partial charge is 0.290 e. The highest BCUT2D eigenvalue weighted by Crippen LogP contribution is 2.29. The van der Waals surface area contributed by atoms with Crippen molar-refractivity contribution in [2.24, 2.45) is 0 Å². The van der Waals surface area contributed by atoms with Crippen LogP contribution in [0.3, 0.4) is 0 Å². The molecule has 3 heterocycles. The molecule has 1 N–H and O–H groups in total. The van der Waals surface area contributed by atoms with Crippen LogP contribution in [0.5, 0.6) is 0 Å². The maximum absolute atomic E-state index is 8.36. The van der Waals surface area contributed by atoms with E-state index in [1.165, 1.54) is 54.6 Å². The minimum Gasteiger partial charge on any atom is -0.483 e. The maximum atomic E-state index is 8.36. The molecule has 2 aliphatic heterocycles. The van der Waals surface area contributed by atoms with E-state index in [4.69, 9.17) is 9.90 Å². The molecule has 1 aromatic rings. The van der Waals surface area contributed by atoms with Gasteiger partial charge in [0.2, 0.25) is 0 Å². The number of piperidine rings is 1. The summed E-state index contributed by atoms with van der Waals surface area (Å²) in [7, 11) is 0. The Kier molecular flexibility index (Phi) is 8.04. The summed E-state index contributed by atoms with van der Waals surface area (Å²) in [6, 6.07) is 2.85. The zero-order valence-electron chi connectivity index (χ0n) is 12.6. The largest absolute Gasteiger partial charge is 0.483 e. The number of hydrogen-bond donors (Lipinski definition) is 1. The third-order valence-electron chi connectivity index (χ3n) is 3.98. The quantitative estimate of drug-likeness (QED) is 0.827. The van der Waals surface area contributed by atoms with E-state index >= 15 is 0 Å². The zero-order valence-corrected chi connectivity index (χ0v) is 14.3. The fraction of sp³-hybridized carbons (Fsp3) is 0.667. The molecule has 0 aromatic carbocycles. The Morgan fingerprint density at radius 3 is 2.68 bits per heavy atom. The standard InChI is InChI=1S/C14H21N3S2.CH2O2/c1-2-12(14-3-4-15-11-16-14)8-17(5-1)13-9-18-6-7-19-10-13;2-1-3/h3-4,11-13H,1-2,5-10H2;1H,(H,2,3). The molecule has 2 fully saturated rings. The zero-order chi connectivity index (χ0) is 15.6. The van der Waals surface area contributed by atoms with Gasteiger partial charge < -0.3 is 5.11 Å². The Hall–Kier alpha value is -0.790. The molecule has 122 valence electrons. The molecular weight excluding hydrogens is 318 g/mol. The molecule has 7 heteroatoms. The molecule has 0 amide bonds. The lowest BCUT2D eigenvalue weighted by Crippen LogP contribution is -2.44. The van der Waals surface area contributed by atoms with Crippen molar-refractivity contribution in [2.75, 3.05) is 36.1 Å². The first-order valence-corrected chi connectivity index (χ1v) is 9.89. The van der Waals surface area contributed by atoms with Gasteiger partial charge in [0.1, 0.15) is 6.33 Å². The molecule has 3 rings (SSSR count). The van der Waals surface area contributed by atoms with Crippen LogP contribution in [0, 0.1) is 0 Å². The maximum Gasteiger partial charge on any atom is 0.290 e. The number of likely N-dealkylation sites (tertiary alicyclic amines) is 1. The van der Waals surface area contributed by atoms with Gasteiger partial charge >= 0.3 is 0 Å². The van der Waals surface area contributed by atoms with Crippen LogP contribution in [0.2, 0.25) is 0 Å². The van der Waals surface area contributed by atoms with E-state index in [0.29, 0.717) is 5.92 Å². The number of carbonyl (C=O) groups is 1. The summed E-state index contributed by atoms with van der Waals surface area (Å²) in [6.45, 7) is 2.20. The molecule has 0 spiro atoms. The fourth-order valence-corrected chi connectivity index (χ4v) is 5.56. The second-order valence-corrected chi connectivity index (χ2v) is 7.68. The monoisotopic (exact) mass is 341 g/mol. The normalized spacial score (nSPS) is 23.9. The topological polar surface area (TPSA) is 66.3 Å². The van der Waals surface area contributed by atoms with Crippen LogP contribution in [0.4, 0.5) is 0 Å². The highest BCUT2D eigenvalue weighted by molar-refractivity contribution is 8.03. The number of carboxylic acid groups (broad SMARTS) is 1.